The lowest BCUT2D eigenvalue weighted by molar-refractivity contribution is 0.366. The van der Waals surface area contributed by atoms with Crippen molar-refractivity contribution in [3.63, 3.8) is 0 Å². The standard InChI is InChI=1S/C13H18FNO3S/c1-13(5-4-6-15-13)9-7-10(14)12(19(3,16)17)8-11(9)18-2/h7-8,15H,4-6H2,1-3H3. The topological polar surface area (TPSA) is 55.4 Å². The van der Waals surface area contributed by atoms with Crippen LogP contribution in [0.4, 0.5) is 4.39 Å². The summed E-state index contributed by atoms with van der Waals surface area (Å²) in [6, 6.07) is 2.54. The van der Waals surface area contributed by atoms with Crippen molar-refractivity contribution in [2.45, 2.75) is 30.2 Å². The fraction of sp³-hybridized carbons (Fsp3) is 0.538. The third kappa shape index (κ3) is 2.60. The number of hydrogen-bond donors (Lipinski definition) is 1. The predicted molar refractivity (Wildman–Crippen MR) is 70.7 cm³/mol. The van der Waals surface area contributed by atoms with Crippen LogP contribution in [-0.2, 0) is 15.4 Å². The summed E-state index contributed by atoms with van der Waals surface area (Å²) in [4.78, 5) is -0.324. The maximum Gasteiger partial charge on any atom is 0.178 e. The molecule has 6 heteroatoms. The molecule has 0 radical (unpaired) electrons. The van der Waals surface area contributed by atoms with Crippen LogP contribution in [0.25, 0.3) is 0 Å². The first-order valence-corrected chi connectivity index (χ1v) is 8.00. The van der Waals surface area contributed by atoms with Gasteiger partial charge in [0.05, 0.1) is 7.11 Å². The summed E-state index contributed by atoms with van der Waals surface area (Å²) in [5.74, 6) is -0.327. The van der Waals surface area contributed by atoms with Gasteiger partial charge in [-0.15, -0.1) is 0 Å². The SMILES string of the molecule is COc1cc(S(C)(=O)=O)c(F)cc1C1(C)CCCN1. The van der Waals surface area contributed by atoms with Crippen molar-refractivity contribution < 1.29 is 17.5 Å². The Morgan fingerprint density at radius 3 is 2.58 bits per heavy atom. The average molecular weight is 287 g/mol. The minimum Gasteiger partial charge on any atom is -0.496 e. The molecule has 1 heterocycles. The highest BCUT2D eigenvalue weighted by Crippen LogP contribution is 2.38. The molecule has 1 atom stereocenters. The lowest BCUT2D eigenvalue weighted by Gasteiger charge is -2.27. The van der Waals surface area contributed by atoms with Gasteiger partial charge in [0.25, 0.3) is 0 Å². The average Bonchev–Trinajstić information content (AvgIpc) is 2.75. The van der Waals surface area contributed by atoms with E-state index in [1.54, 1.807) is 0 Å². The summed E-state index contributed by atoms with van der Waals surface area (Å²) < 4.78 is 42.3. The molecule has 19 heavy (non-hydrogen) atoms. The molecule has 1 fully saturated rings. The lowest BCUT2D eigenvalue weighted by Crippen LogP contribution is -2.33. The third-order valence-corrected chi connectivity index (χ3v) is 4.73. The van der Waals surface area contributed by atoms with Crippen LogP contribution in [0.1, 0.15) is 25.3 Å². The molecule has 1 aromatic rings. The van der Waals surface area contributed by atoms with E-state index in [1.807, 2.05) is 6.92 Å². The largest absolute Gasteiger partial charge is 0.496 e. The van der Waals surface area contributed by atoms with Crippen molar-refractivity contribution in [2.75, 3.05) is 19.9 Å². The van der Waals surface area contributed by atoms with E-state index in [2.05, 4.69) is 5.32 Å². The van der Waals surface area contributed by atoms with Crippen LogP contribution in [0.2, 0.25) is 0 Å². The van der Waals surface area contributed by atoms with Crippen molar-refractivity contribution in [1.82, 2.24) is 5.32 Å². The Morgan fingerprint density at radius 1 is 1.42 bits per heavy atom. The molecule has 106 valence electrons. The summed E-state index contributed by atoms with van der Waals surface area (Å²) in [5, 5.41) is 3.31. The summed E-state index contributed by atoms with van der Waals surface area (Å²) in [5.41, 5.74) is 0.291. The second kappa shape index (κ2) is 4.76. The zero-order valence-corrected chi connectivity index (χ0v) is 12.1. The molecule has 2 rings (SSSR count). The van der Waals surface area contributed by atoms with E-state index in [4.69, 9.17) is 4.74 Å². The molecular formula is C13H18FNO3S. The maximum absolute atomic E-state index is 14.0. The van der Waals surface area contributed by atoms with E-state index in [1.165, 1.54) is 19.2 Å². The van der Waals surface area contributed by atoms with Crippen LogP contribution in [0, 0.1) is 5.82 Å². The molecule has 1 unspecified atom stereocenters. The van der Waals surface area contributed by atoms with Gasteiger partial charge in [-0.1, -0.05) is 0 Å². The molecule has 0 bridgehead atoms. The third-order valence-electron chi connectivity index (χ3n) is 3.62. The van der Waals surface area contributed by atoms with Gasteiger partial charge in [0, 0.05) is 23.4 Å². The number of methoxy groups -OCH3 is 1. The van der Waals surface area contributed by atoms with Crippen LogP contribution in [-0.4, -0.2) is 28.3 Å². The lowest BCUT2D eigenvalue weighted by atomic mass is 9.89. The van der Waals surface area contributed by atoms with Crippen LogP contribution < -0.4 is 10.1 Å². The highest BCUT2D eigenvalue weighted by atomic mass is 32.2. The van der Waals surface area contributed by atoms with Crippen molar-refractivity contribution in [1.29, 1.82) is 0 Å². The molecule has 0 amide bonds. The second-order valence-electron chi connectivity index (χ2n) is 5.12. The van der Waals surface area contributed by atoms with Crippen LogP contribution >= 0.6 is 0 Å². The molecule has 0 saturated carbocycles. The van der Waals surface area contributed by atoms with Crippen LogP contribution in [0.3, 0.4) is 0 Å². The van der Waals surface area contributed by atoms with Crippen LogP contribution in [0.5, 0.6) is 5.75 Å². The minimum absolute atomic E-state index is 0.324. The fourth-order valence-corrected chi connectivity index (χ4v) is 3.28. The molecule has 1 N–H and O–H groups in total. The summed E-state index contributed by atoms with van der Waals surface area (Å²) in [7, 11) is -2.14. The van der Waals surface area contributed by atoms with Gasteiger partial charge in [-0.05, 0) is 32.4 Å². The van der Waals surface area contributed by atoms with Gasteiger partial charge in [-0.3, -0.25) is 0 Å². The molecular weight excluding hydrogens is 269 g/mol. The van der Waals surface area contributed by atoms with E-state index in [-0.39, 0.29) is 10.4 Å². The zero-order chi connectivity index (χ0) is 14.3. The highest BCUT2D eigenvalue weighted by molar-refractivity contribution is 7.90. The Kier molecular flexibility index (Phi) is 3.57. The first-order chi connectivity index (χ1) is 8.78. The summed E-state index contributed by atoms with van der Waals surface area (Å²) in [6.45, 7) is 2.83. The minimum atomic E-state index is -3.60. The van der Waals surface area contributed by atoms with Gasteiger partial charge >= 0.3 is 0 Å². The Hall–Kier alpha value is -1.14. The molecule has 0 aliphatic carbocycles. The number of nitrogens with one attached hydrogen (secondary N) is 1. The van der Waals surface area contributed by atoms with Crippen LogP contribution in [0.15, 0.2) is 17.0 Å². The molecule has 0 aromatic heterocycles. The Bertz CT molecular complexity index is 592. The summed E-state index contributed by atoms with van der Waals surface area (Å²) in [6.07, 6.45) is 2.84. The monoisotopic (exact) mass is 287 g/mol. The van der Waals surface area contributed by atoms with Crippen molar-refractivity contribution >= 4 is 9.84 Å². The van der Waals surface area contributed by atoms with Gasteiger partial charge in [0.2, 0.25) is 0 Å². The Balaban J connectivity index is 2.61. The van der Waals surface area contributed by atoms with Gasteiger partial charge in [0.15, 0.2) is 9.84 Å². The quantitative estimate of drug-likeness (QED) is 0.921. The number of rotatable bonds is 3. The number of ether oxygens (including phenoxy) is 1. The maximum atomic E-state index is 14.0. The summed E-state index contributed by atoms with van der Waals surface area (Å²) >= 11 is 0. The van der Waals surface area contributed by atoms with E-state index >= 15 is 0 Å². The van der Waals surface area contributed by atoms with Crippen molar-refractivity contribution in [3.8, 4) is 5.75 Å². The predicted octanol–water partition coefficient (Wildman–Crippen LogP) is 1.84. The van der Waals surface area contributed by atoms with Gasteiger partial charge in [-0.25, -0.2) is 12.8 Å². The second-order valence-corrected chi connectivity index (χ2v) is 7.10. The molecule has 4 nitrogen and oxygen atoms in total. The van der Waals surface area contributed by atoms with Crippen molar-refractivity contribution in [3.05, 3.63) is 23.5 Å². The first-order valence-electron chi connectivity index (χ1n) is 6.11. The van der Waals surface area contributed by atoms with Gasteiger partial charge < -0.3 is 10.1 Å². The van der Waals surface area contributed by atoms with Crippen molar-refractivity contribution in [2.24, 2.45) is 0 Å². The normalized spacial score (nSPS) is 23.6. The molecule has 0 spiro atoms. The van der Waals surface area contributed by atoms with E-state index in [9.17, 15) is 12.8 Å². The Labute approximate surface area is 112 Å². The first kappa shape index (κ1) is 14.3. The number of hydrogen-bond acceptors (Lipinski definition) is 4. The van der Waals surface area contributed by atoms with Gasteiger partial charge in [0.1, 0.15) is 16.5 Å². The smallest absolute Gasteiger partial charge is 0.178 e. The van der Waals surface area contributed by atoms with E-state index in [0.717, 1.165) is 25.6 Å². The number of sulfone groups is 1. The highest BCUT2D eigenvalue weighted by Gasteiger charge is 2.34. The molecule has 1 aliphatic rings. The van der Waals surface area contributed by atoms with Gasteiger partial charge in [-0.2, -0.15) is 0 Å². The molecule has 1 aliphatic heterocycles. The molecule has 1 saturated heterocycles. The fourth-order valence-electron chi connectivity index (χ4n) is 2.54. The van der Waals surface area contributed by atoms with E-state index < -0.39 is 15.7 Å². The number of halogens is 1. The number of benzene rings is 1. The zero-order valence-electron chi connectivity index (χ0n) is 11.3. The Morgan fingerprint density at radius 2 is 2.11 bits per heavy atom. The van der Waals surface area contributed by atoms with E-state index in [0.29, 0.717) is 11.3 Å². The molecule has 1 aromatic carbocycles.